The van der Waals surface area contributed by atoms with E-state index in [1.807, 2.05) is 48.5 Å². The maximum absolute atomic E-state index is 11.7. The van der Waals surface area contributed by atoms with Crippen LogP contribution >= 0.6 is 0 Å². The topological polar surface area (TPSA) is 130 Å². The van der Waals surface area contributed by atoms with E-state index in [-0.39, 0.29) is 37.1 Å². The summed E-state index contributed by atoms with van der Waals surface area (Å²) in [6.45, 7) is 5.88. The molecule has 3 aromatic rings. The minimum atomic E-state index is -1.01. The van der Waals surface area contributed by atoms with Crippen LogP contribution in [0.25, 0.3) is 0 Å². The van der Waals surface area contributed by atoms with Gasteiger partial charge in [-0.25, -0.2) is 4.79 Å². The molecule has 1 amide bonds. The monoisotopic (exact) mass is 606 g/mol. The number of benzene rings is 3. The Morgan fingerprint density at radius 2 is 1.86 bits per heavy atom. The molecular weight excluding hydrogens is 568 g/mol. The Morgan fingerprint density at radius 1 is 1.07 bits per heavy atom. The SMILES string of the molecule is C=CCOc1ccc(COC2CN(C(=O)O)CCC2c2ccc(OCCCOCc3ccccc3OC)cc2)cc1[N+](=O)[O-]. The van der Waals surface area contributed by atoms with E-state index in [0.29, 0.717) is 38.3 Å². The van der Waals surface area contributed by atoms with Crippen LogP contribution in [0.15, 0.2) is 79.4 Å². The predicted octanol–water partition coefficient (Wildman–Crippen LogP) is 6.21. The van der Waals surface area contributed by atoms with Crippen LogP contribution in [-0.4, -0.2) is 67.1 Å². The second kappa shape index (κ2) is 16.3. The number of carboxylic acid groups (broad SMARTS) is 1. The normalized spacial score (nSPS) is 16.2. The average molecular weight is 607 g/mol. The first kappa shape index (κ1) is 32.3. The van der Waals surface area contributed by atoms with Crippen molar-refractivity contribution in [1.29, 1.82) is 0 Å². The Labute approximate surface area is 256 Å². The Bertz CT molecular complexity index is 1400. The second-order valence-corrected chi connectivity index (χ2v) is 10.3. The molecule has 1 aliphatic rings. The highest BCUT2D eigenvalue weighted by Crippen LogP contribution is 2.33. The van der Waals surface area contributed by atoms with Gasteiger partial charge < -0.3 is 33.7 Å². The number of nitrogens with zero attached hydrogens (tertiary/aromatic N) is 2. The summed E-state index contributed by atoms with van der Waals surface area (Å²) in [5.74, 6) is 1.62. The summed E-state index contributed by atoms with van der Waals surface area (Å²) < 4.78 is 28.6. The molecule has 11 heteroatoms. The maximum atomic E-state index is 11.7. The molecule has 1 N–H and O–H groups in total. The van der Waals surface area contributed by atoms with Crippen molar-refractivity contribution < 1.29 is 38.5 Å². The van der Waals surface area contributed by atoms with Crippen molar-refractivity contribution in [2.75, 3.05) is 40.0 Å². The van der Waals surface area contributed by atoms with Gasteiger partial charge >= 0.3 is 11.8 Å². The third-order valence-electron chi connectivity index (χ3n) is 7.33. The summed E-state index contributed by atoms with van der Waals surface area (Å²) in [5.41, 5.74) is 2.42. The lowest BCUT2D eigenvalue weighted by Gasteiger charge is -2.37. The van der Waals surface area contributed by atoms with Crippen molar-refractivity contribution in [1.82, 2.24) is 4.90 Å². The van der Waals surface area contributed by atoms with Crippen LogP contribution in [0.5, 0.6) is 17.2 Å². The molecule has 3 aromatic carbocycles. The standard InChI is InChI=1S/C33H38N2O9/c1-3-17-43-31-14-9-24(20-29(31)35(38)39)22-44-32-21-34(33(36)37)16-15-28(32)25-10-12-27(13-11-25)42-19-6-18-41-23-26-7-4-5-8-30(26)40-2/h3-5,7-14,20,28,32H,1,6,15-19,21-23H2,2H3,(H,36,37). The highest BCUT2D eigenvalue weighted by Gasteiger charge is 2.33. The molecular formula is C33H38N2O9. The van der Waals surface area contributed by atoms with Gasteiger partial charge in [-0.05, 0) is 41.8 Å². The number of piperidine rings is 1. The van der Waals surface area contributed by atoms with E-state index in [0.717, 1.165) is 29.0 Å². The third kappa shape index (κ3) is 8.95. The number of ether oxygens (including phenoxy) is 5. The third-order valence-corrected chi connectivity index (χ3v) is 7.33. The number of amides is 1. The average Bonchev–Trinajstić information content (AvgIpc) is 3.04. The van der Waals surface area contributed by atoms with Gasteiger partial charge in [-0.2, -0.15) is 0 Å². The summed E-state index contributed by atoms with van der Waals surface area (Å²) >= 11 is 0. The minimum absolute atomic E-state index is 0.0618. The smallest absolute Gasteiger partial charge is 0.407 e. The van der Waals surface area contributed by atoms with Crippen molar-refractivity contribution >= 4 is 11.8 Å². The first-order valence-electron chi connectivity index (χ1n) is 14.4. The lowest BCUT2D eigenvalue weighted by atomic mass is 9.87. The molecule has 1 fully saturated rings. The highest BCUT2D eigenvalue weighted by molar-refractivity contribution is 5.65. The number of methoxy groups -OCH3 is 1. The van der Waals surface area contributed by atoms with Gasteiger partial charge in [0, 0.05) is 30.5 Å². The van der Waals surface area contributed by atoms with Gasteiger partial charge in [0.15, 0.2) is 5.75 Å². The van der Waals surface area contributed by atoms with Crippen LogP contribution in [0.1, 0.15) is 35.4 Å². The molecule has 0 aromatic heterocycles. The molecule has 0 bridgehead atoms. The lowest BCUT2D eigenvalue weighted by Crippen LogP contribution is -2.46. The number of rotatable bonds is 16. The van der Waals surface area contributed by atoms with Crippen LogP contribution in [0.2, 0.25) is 0 Å². The molecule has 0 radical (unpaired) electrons. The number of hydrogen-bond acceptors (Lipinski definition) is 8. The van der Waals surface area contributed by atoms with Gasteiger partial charge in [0.25, 0.3) is 0 Å². The molecule has 44 heavy (non-hydrogen) atoms. The van der Waals surface area contributed by atoms with E-state index in [2.05, 4.69) is 6.58 Å². The minimum Gasteiger partial charge on any atom is -0.496 e. The molecule has 1 saturated heterocycles. The fraction of sp³-hybridized carbons (Fsp3) is 0.364. The fourth-order valence-electron chi connectivity index (χ4n) is 5.08. The van der Waals surface area contributed by atoms with Crippen molar-refractivity contribution in [3.63, 3.8) is 0 Å². The largest absolute Gasteiger partial charge is 0.496 e. The van der Waals surface area contributed by atoms with Gasteiger partial charge in [-0.3, -0.25) is 10.1 Å². The molecule has 1 aliphatic heterocycles. The molecule has 0 saturated carbocycles. The zero-order valence-corrected chi connectivity index (χ0v) is 24.8. The zero-order valence-electron chi connectivity index (χ0n) is 24.8. The van der Waals surface area contributed by atoms with Gasteiger partial charge in [-0.15, -0.1) is 0 Å². The number of hydrogen-bond donors (Lipinski definition) is 1. The molecule has 4 rings (SSSR count). The summed E-state index contributed by atoms with van der Waals surface area (Å²) in [6, 6.07) is 20.2. The molecule has 2 unspecified atom stereocenters. The van der Waals surface area contributed by atoms with E-state index in [9.17, 15) is 20.0 Å². The summed E-state index contributed by atoms with van der Waals surface area (Å²) in [4.78, 5) is 24.1. The Kier molecular flexibility index (Phi) is 12.0. The number of likely N-dealkylation sites (tertiary alicyclic amines) is 1. The van der Waals surface area contributed by atoms with Gasteiger partial charge in [-0.1, -0.05) is 49.1 Å². The molecule has 11 nitrogen and oxygen atoms in total. The summed E-state index contributed by atoms with van der Waals surface area (Å²) in [7, 11) is 1.64. The Morgan fingerprint density at radius 3 is 2.59 bits per heavy atom. The lowest BCUT2D eigenvalue weighted by molar-refractivity contribution is -0.385. The van der Waals surface area contributed by atoms with Crippen LogP contribution < -0.4 is 14.2 Å². The van der Waals surface area contributed by atoms with Gasteiger partial charge in [0.2, 0.25) is 0 Å². The molecule has 2 atom stereocenters. The van der Waals surface area contributed by atoms with Crippen LogP contribution in [0.4, 0.5) is 10.5 Å². The molecule has 234 valence electrons. The zero-order chi connectivity index (χ0) is 31.3. The van der Waals surface area contributed by atoms with E-state index in [4.69, 9.17) is 23.7 Å². The number of para-hydroxylation sites is 1. The number of carbonyl (C=O) groups is 1. The molecule has 1 heterocycles. The van der Waals surface area contributed by atoms with E-state index in [1.54, 1.807) is 13.2 Å². The predicted molar refractivity (Wildman–Crippen MR) is 164 cm³/mol. The van der Waals surface area contributed by atoms with Crippen LogP contribution in [0.3, 0.4) is 0 Å². The van der Waals surface area contributed by atoms with Crippen molar-refractivity contribution in [2.24, 2.45) is 0 Å². The van der Waals surface area contributed by atoms with Crippen molar-refractivity contribution in [3.05, 3.63) is 106 Å². The van der Waals surface area contributed by atoms with Gasteiger partial charge in [0.05, 0.1) is 51.1 Å². The van der Waals surface area contributed by atoms with Crippen LogP contribution in [-0.2, 0) is 22.7 Å². The van der Waals surface area contributed by atoms with Crippen molar-refractivity contribution in [2.45, 2.75) is 38.1 Å². The van der Waals surface area contributed by atoms with E-state index in [1.165, 1.54) is 23.1 Å². The second-order valence-electron chi connectivity index (χ2n) is 10.3. The quantitative estimate of drug-likeness (QED) is 0.0876. The van der Waals surface area contributed by atoms with Crippen LogP contribution in [0, 0.1) is 10.1 Å². The Hall–Kier alpha value is -4.61. The number of nitro benzene ring substituents is 1. The van der Waals surface area contributed by atoms with E-state index >= 15 is 0 Å². The molecule has 0 spiro atoms. The first-order chi connectivity index (χ1) is 21.4. The maximum Gasteiger partial charge on any atom is 0.407 e. The fourth-order valence-corrected chi connectivity index (χ4v) is 5.08. The Balaban J connectivity index is 1.32. The first-order valence-corrected chi connectivity index (χ1v) is 14.4. The van der Waals surface area contributed by atoms with E-state index < -0.39 is 17.1 Å². The number of nitro groups is 1. The van der Waals surface area contributed by atoms with Crippen molar-refractivity contribution in [3.8, 4) is 17.2 Å². The molecule has 0 aliphatic carbocycles. The highest BCUT2D eigenvalue weighted by atomic mass is 16.6. The summed E-state index contributed by atoms with van der Waals surface area (Å²) in [5, 5.41) is 21.2. The van der Waals surface area contributed by atoms with Gasteiger partial charge in [0.1, 0.15) is 18.1 Å². The summed E-state index contributed by atoms with van der Waals surface area (Å²) in [6.07, 6.45) is 1.36.